The predicted molar refractivity (Wildman–Crippen MR) is 89.0 cm³/mol. The van der Waals surface area contributed by atoms with E-state index < -0.39 is 0 Å². The van der Waals surface area contributed by atoms with Gasteiger partial charge in [0.2, 0.25) is 0 Å². The lowest BCUT2D eigenvalue weighted by molar-refractivity contribution is 0.580. The summed E-state index contributed by atoms with van der Waals surface area (Å²) in [6.45, 7) is 0. The summed E-state index contributed by atoms with van der Waals surface area (Å²) in [4.78, 5) is 11.8. The highest BCUT2D eigenvalue weighted by atomic mass is 35.5. The molecule has 116 valence electrons. The Morgan fingerprint density at radius 1 is 1.17 bits per heavy atom. The SMILES string of the molecule is Clc1cc(-n2nnc3c(-c4ccco4)ncnc32)c2[nH]ccc2c1. The Morgan fingerprint density at radius 2 is 2.12 bits per heavy atom. The van der Waals surface area contributed by atoms with E-state index in [2.05, 4.69) is 25.3 Å². The number of H-pyrrole nitrogens is 1. The molecular formula is C16H9ClN6O. The zero-order valence-electron chi connectivity index (χ0n) is 12.1. The van der Waals surface area contributed by atoms with Crippen molar-refractivity contribution in [3.05, 3.63) is 54.1 Å². The van der Waals surface area contributed by atoms with Gasteiger partial charge in [0.05, 0.1) is 17.5 Å². The van der Waals surface area contributed by atoms with Crippen LogP contribution >= 0.6 is 11.6 Å². The first kappa shape index (κ1) is 13.3. The highest BCUT2D eigenvalue weighted by Gasteiger charge is 2.17. The second kappa shape index (κ2) is 4.90. The molecule has 0 amide bonds. The van der Waals surface area contributed by atoms with Gasteiger partial charge < -0.3 is 9.40 Å². The van der Waals surface area contributed by atoms with Crippen LogP contribution in [-0.2, 0) is 0 Å². The van der Waals surface area contributed by atoms with E-state index in [4.69, 9.17) is 16.0 Å². The molecule has 0 unspecified atom stereocenters. The topological polar surface area (TPSA) is 85.4 Å². The van der Waals surface area contributed by atoms with Crippen LogP contribution in [0.3, 0.4) is 0 Å². The van der Waals surface area contributed by atoms with Gasteiger partial charge in [0, 0.05) is 16.6 Å². The summed E-state index contributed by atoms with van der Waals surface area (Å²) in [5, 5.41) is 10.1. The van der Waals surface area contributed by atoms with Gasteiger partial charge in [0.1, 0.15) is 12.0 Å². The van der Waals surface area contributed by atoms with Gasteiger partial charge in [-0.15, -0.1) is 5.10 Å². The average Bonchev–Trinajstić information content (AvgIpc) is 3.33. The Kier molecular flexibility index (Phi) is 2.71. The van der Waals surface area contributed by atoms with Crippen molar-refractivity contribution in [2.75, 3.05) is 0 Å². The molecule has 4 aromatic heterocycles. The zero-order chi connectivity index (χ0) is 16.1. The van der Waals surface area contributed by atoms with Gasteiger partial charge in [-0.2, -0.15) is 4.68 Å². The maximum absolute atomic E-state index is 6.24. The summed E-state index contributed by atoms with van der Waals surface area (Å²) in [6.07, 6.45) is 4.91. The minimum absolute atomic E-state index is 0.562. The van der Waals surface area contributed by atoms with Gasteiger partial charge in [-0.1, -0.05) is 16.8 Å². The number of hydrogen-bond donors (Lipinski definition) is 1. The third-order valence-electron chi connectivity index (χ3n) is 3.82. The Morgan fingerprint density at radius 3 is 3.00 bits per heavy atom. The third-order valence-corrected chi connectivity index (χ3v) is 4.04. The van der Waals surface area contributed by atoms with Crippen molar-refractivity contribution in [3.8, 4) is 17.1 Å². The molecule has 0 aliphatic rings. The molecule has 0 saturated carbocycles. The Labute approximate surface area is 139 Å². The van der Waals surface area contributed by atoms with Crippen LogP contribution in [0, 0.1) is 0 Å². The fraction of sp³-hybridized carbons (Fsp3) is 0. The van der Waals surface area contributed by atoms with Crippen LogP contribution in [0.15, 0.2) is 53.5 Å². The van der Waals surface area contributed by atoms with Gasteiger partial charge in [-0.05, 0) is 30.3 Å². The number of fused-ring (bicyclic) bond motifs is 2. The highest BCUT2D eigenvalue weighted by molar-refractivity contribution is 6.31. The fourth-order valence-electron chi connectivity index (χ4n) is 2.79. The minimum atomic E-state index is 0.562. The Hall–Kier alpha value is -3.19. The van der Waals surface area contributed by atoms with E-state index in [-0.39, 0.29) is 0 Å². The molecule has 0 atom stereocenters. The molecule has 7 nitrogen and oxygen atoms in total. The van der Waals surface area contributed by atoms with E-state index in [0.717, 1.165) is 16.6 Å². The van der Waals surface area contributed by atoms with Crippen molar-refractivity contribution in [1.29, 1.82) is 0 Å². The number of nitrogens with zero attached hydrogens (tertiary/aromatic N) is 5. The smallest absolute Gasteiger partial charge is 0.187 e. The molecule has 5 rings (SSSR count). The Bertz CT molecular complexity index is 1170. The lowest BCUT2D eigenvalue weighted by Gasteiger charge is -2.05. The van der Waals surface area contributed by atoms with Gasteiger partial charge in [0.15, 0.2) is 16.9 Å². The molecule has 0 aliphatic heterocycles. The molecule has 8 heteroatoms. The van der Waals surface area contributed by atoms with Crippen LogP contribution in [0.2, 0.25) is 5.02 Å². The van der Waals surface area contributed by atoms with Crippen LogP contribution in [0.5, 0.6) is 0 Å². The first-order valence-corrected chi connectivity index (χ1v) is 7.56. The van der Waals surface area contributed by atoms with E-state index in [0.29, 0.717) is 27.6 Å². The molecule has 5 aromatic rings. The number of hydrogen-bond acceptors (Lipinski definition) is 5. The summed E-state index contributed by atoms with van der Waals surface area (Å²) in [5.41, 5.74) is 3.42. The molecule has 0 radical (unpaired) electrons. The van der Waals surface area contributed by atoms with Crippen LogP contribution < -0.4 is 0 Å². The maximum atomic E-state index is 6.24. The predicted octanol–water partition coefficient (Wildman–Crippen LogP) is 3.61. The summed E-state index contributed by atoms with van der Waals surface area (Å²) in [7, 11) is 0. The van der Waals surface area contributed by atoms with Crippen molar-refractivity contribution in [2.45, 2.75) is 0 Å². The van der Waals surface area contributed by atoms with Gasteiger partial charge in [0.25, 0.3) is 0 Å². The van der Waals surface area contributed by atoms with Crippen LogP contribution in [0.25, 0.3) is 39.2 Å². The van der Waals surface area contributed by atoms with Gasteiger partial charge in [-0.3, -0.25) is 0 Å². The molecule has 0 aliphatic carbocycles. The molecule has 0 bridgehead atoms. The summed E-state index contributed by atoms with van der Waals surface area (Å²) in [6, 6.07) is 9.28. The number of halogens is 1. The molecule has 0 spiro atoms. The standard InChI is InChI=1S/C16H9ClN6O/c17-10-6-9-3-4-18-13(9)11(7-10)23-16-15(21-22-23)14(19-8-20-16)12-2-1-5-24-12/h1-8,18H. The maximum Gasteiger partial charge on any atom is 0.187 e. The van der Waals surface area contributed by atoms with Crippen molar-refractivity contribution < 1.29 is 4.42 Å². The molecule has 4 heterocycles. The monoisotopic (exact) mass is 336 g/mol. The highest BCUT2D eigenvalue weighted by Crippen LogP contribution is 2.29. The number of nitrogens with one attached hydrogen (secondary N) is 1. The van der Waals surface area contributed by atoms with E-state index in [1.807, 2.05) is 30.5 Å². The second-order valence-corrected chi connectivity index (χ2v) is 5.68. The van der Waals surface area contributed by atoms with Crippen LogP contribution in [0.1, 0.15) is 0 Å². The number of benzene rings is 1. The summed E-state index contributed by atoms with van der Waals surface area (Å²) in [5.74, 6) is 0.616. The number of rotatable bonds is 2. The number of aromatic amines is 1. The molecule has 1 aromatic carbocycles. The third kappa shape index (κ3) is 1.85. The second-order valence-electron chi connectivity index (χ2n) is 5.24. The molecule has 0 fully saturated rings. The fourth-order valence-corrected chi connectivity index (χ4v) is 3.01. The van der Waals surface area contributed by atoms with Gasteiger partial charge >= 0.3 is 0 Å². The summed E-state index contributed by atoms with van der Waals surface area (Å²) >= 11 is 6.24. The normalized spacial score (nSPS) is 11.5. The largest absolute Gasteiger partial charge is 0.463 e. The molecule has 1 N–H and O–H groups in total. The number of furan rings is 1. The quantitative estimate of drug-likeness (QED) is 0.532. The first-order chi connectivity index (χ1) is 11.8. The molecule has 0 saturated heterocycles. The first-order valence-electron chi connectivity index (χ1n) is 7.18. The van der Waals surface area contributed by atoms with Crippen LogP contribution in [0.4, 0.5) is 0 Å². The van der Waals surface area contributed by atoms with E-state index in [1.165, 1.54) is 6.33 Å². The molecular weight excluding hydrogens is 328 g/mol. The molecule has 24 heavy (non-hydrogen) atoms. The zero-order valence-corrected chi connectivity index (χ0v) is 12.9. The summed E-state index contributed by atoms with van der Waals surface area (Å²) < 4.78 is 7.07. The minimum Gasteiger partial charge on any atom is -0.463 e. The Balaban J connectivity index is 1.82. The van der Waals surface area contributed by atoms with Gasteiger partial charge in [-0.25, -0.2) is 9.97 Å². The number of aromatic nitrogens is 6. The van der Waals surface area contributed by atoms with Crippen LogP contribution in [-0.4, -0.2) is 29.9 Å². The van der Waals surface area contributed by atoms with E-state index in [9.17, 15) is 0 Å². The van der Waals surface area contributed by atoms with Crippen molar-refractivity contribution >= 4 is 33.7 Å². The van der Waals surface area contributed by atoms with Crippen molar-refractivity contribution in [1.82, 2.24) is 29.9 Å². The van der Waals surface area contributed by atoms with Crippen molar-refractivity contribution in [2.24, 2.45) is 0 Å². The van der Waals surface area contributed by atoms with E-state index in [1.54, 1.807) is 17.0 Å². The lowest BCUT2D eigenvalue weighted by atomic mass is 10.2. The van der Waals surface area contributed by atoms with Crippen molar-refractivity contribution in [3.63, 3.8) is 0 Å². The lowest BCUT2D eigenvalue weighted by Crippen LogP contribution is -1.99. The average molecular weight is 337 g/mol. The van der Waals surface area contributed by atoms with E-state index >= 15 is 0 Å².